The van der Waals surface area contributed by atoms with E-state index in [4.69, 9.17) is 27.9 Å². The van der Waals surface area contributed by atoms with Crippen molar-refractivity contribution in [1.29, 1.82) is 0 Å². The van der Waals surface area contributed by atoms with Crippen LogP contribution in [0.2, 0.25) is 10.0 Å². The van der Waals surface area contributed by atoms with Crippen molar-refractivity contribution in [2.75, 3.05) is 6.61 Å². The lowest BCUT2D eigenvalue weighted by Gasteiger charge is -2.00. The van der Waals surface area contributed by atoms with Gasteiger partial charge in [0.2, 0.25) is 0 Å². The van der Waals surface area contributed by atoms with E-state index in [-0.39, 0.29) is 12.4 Å². The van der Waals surface area contributed by atoms with Crippen LogP contribution in [-0.4, -0.2) is 17.6 Å². The van der Waals surface area contributed by atoms with Crippen LogP contribution >= 0.6 is 45.8 Å². The average Bonchev–Trinajstić information content (AvgIpc) is 2.63. The minimum atomic E-state index is -0.260. The number of rotatable bonds is 3. The van der Waals surface area contributed by atoms with Gasteiger partial charge in [0.1, 0.15) is 0 Å². The quantitative estimate of drug-likeness (QED) is 0.623. The third-order valence-corrected chi connectivity index (χ3v) is 4.54. The van der Waals surface area contributed by atoms with E-state index in [0.717, 1.165) is 20.2 Å². The Morgan fingerprint density at radius 1 is 1.44 bits per heavy atom. The predicted octanol–water partition coefficient (Wildman–Crippen LogP) is 4.18. The summed E-state index contributed by atoms with van der Waals surface area (Å²) in [6, 6.07) is 3.63. The molecule has 3 nitrogen and oxygen atoms in total. The largest absolute Gasteiger partial charge is 0.466 e. The first-order valence-corrected chi connectivity index (χ1v) is 7.17. The van der Waals surface area contributed by atoms with Crippen molar-refractivity contribution in [3.63, 3.8) is 0 Å². The molecule has 96 valence electrons. The molecule has 1 aromatic carbocycles. The van der Waals surface area contributed by atoms with Crippen molar-refractivity contribution in [3.05, 3.63) is 31.4 Å². The maximum atomic E-state index is 11.5. The van der Waals surface area contributed by atoms with E-state index in [0.29, 0.717) is 16.7 Å². The van der Waals surface area contributed by atoms with Gasteiger partial charge < -0.3 is 9.72 Å². The van der Waals surface area contributed by atoms with Gasteiger partial charge in [0.25, 0.3) is 0 Å². The summed E-state index contributed by atoms with van der Waals surface area (Å²) in [5.74, 6) is -0.260. The van der Waals surface area contributed by atoms with E-state index in [1.54, 1.807) is 13.0 Å². The standard InChI is InChI=1S/C12H10Cl2INO2/c1-2-18-9(17)5-8-11(15)6-3-4-7(13)10(14)12(6)16-8/h3-4,16H,2,5H2,1H3. The minimum absolute atomic E-state index is 0.203. The number of fused-ring (bicyclic) bond motifs is 1. The van der Waals surface area contributed by atoms with Crippen molar-refractivity contribution in [3.8, 4) is 0 Å². The smallest absolute Gasteiger partial charge is 0.311 e. The number of hydrogen-bond donors (Lipinski definition) is 1. The molecule has 0 radical (unpaired) electrons. The number of carbonyl (C=O) groups is 1. The Labute approximate surface area is 128 Å². The minimum Gasteiger partial charge on any atom is -0.466 e. The number of ether oxygens (including phenoxy) is 1. The fourth-order valence-electron chi connectivity index (χ4n) is 1.70. The van der Waals surface area contributed by atoms with E-state index in [1.807, 2.05) is 6.07 Å². The van der Waals surface area contributed by atoms with Gasteiger partial charge in [-0.3, -0.25) is 4.79 Å². The van der Waals surface area contributed by atoms with E-state index >= 15 is 0 Å². The zero-order chi connectivity index (χ0) is 13.3. The Balaban J connectivity index is 2.44. The molecule has 0 aliphatic carbocycles. The number of esters is 1. The van der Waals surface area contributed by atoms with E-state index in [9.17, 15) is 4.79 Å². The van der Waals surface area contributed by atoms with Crippen LogP contribution in [0.1, 0.15) is 12.6 Å². The van der Waals surface area contributed by atoms with Crippen LogP contribution < -0.4 is 0 Å². The predicted molar refractivity (Wildman–Crippen MR) is 81.4 cm³/mol. The second-order valence-electron chi connectivity index (χ2n) is 3.68. The van der Waals surface area contributed by atoms with E-state index < -0.39 is 0 Å². The van der Waals surface area contributed by atoms with Crippen molar-refractivity contribution in [2.45, 2.75) is 13.3 Å². The zero-order valence-corrected chi connectivity index (χ0v) is 13.2. The zero-order valence-electron chi connectivity index (χ0n) is 9.52. The molecule has 2 aromatic rings. The summed E-state index contributed by atoms with van der Waals surface area (Å²) in [6.07, 6.45) is 0.203. The normalized spacial score (nSPS) is 10.9. The Bertz CT molecular complexity index is 610. The highest BCUT2D eigenvalue weighted by atomic mass is 127. The van der Waals surface area contributed by atoms with Crippen LogP contribution in [0.5, 0.6) is 0 Å². The summed E-state index contributed by atoms with van der Waals surface area (Å²) in [4.78, 5) is 14.6. The van der Waals surface area contributed by atoms with Gasteiger partial charge in [-0.25, -0.2) is 0 Å². The first-order chi connectivity index (χ1) is 8.54. The molecule has 0 atom stereocenters. The Morgan fingerprint density at radius 2 is 2.17 bits per heavy atom. The van der Waals surface area contributed by atoms with Crippen LogP contribution in [0.25, 0.3) is 10.9 Å². The van der Waals surface area contributed by atoms with Crippen molar-refractivity contribution in [1.82, 2.24) is 4.98 Å². The highest BCUT2D eigenvalue weighted by molar-refractivity contribution is 14.1. The molecule has 2 rings (SSSR count). The van der Waals surface area contributed by atoms with Gasteiger partial charge in [-0.15, -0.1) is 0 Å². The van der Waals surface area contributed by atoms with E-state index in [2.05, 4.69) is 27.6 Å². The van der Waals surface area contributed by atoms with Crippen LogP contribution in [0.4, 0.5) is 0 Å². The number of aromatic amines is 1. The van der Waals surface area contributed by atoms with Crippen LogP contribution in [-0.2, 0) is 16.0 Å². The maximum Gasteiger partial charge on any atom is 0.311 e. The molecule has 0 spiro atoms. The van der Waals surface area contributed by atoms with Crippen molar-refractivity contribution < 1.29 is 9.53 Å². The first-order valence-electron chi connectivity index (χ1n) is 5.34. The molecule has 0 fully saturated rings. The monoisotopic (exact) mass is 397 g/mol. The molecule has 18 heavy (non-hydrogen) atoms. The lowest BCUT2D eigenvalue weighted by molar-refractivity contribution is -0.142. The highest BCUT2D eigenvalue weighted by Gasteiger charge is 2.16. The van der Waals surface area contributed by atoms with Crippen LogP contribution in [0.3, 0.4) is 0 Å². The van der Waals surface area contributed by atoms with Gasteiger partial charge in [-0.05, 0) is 35.6 Å². The van der Waals surface area contributed by atoms with Crippen LogP contribution in [0.15, 0.2) is 12.1 Å². The molecule has 1 aromatic heterocycles. The lowest BCUT2D eigenvalue weighted by atomic mass is 10.2. The maximum absolute atomic E-state index is 11.5. The molecule has 6 heteroatoms. The average molecular weight is 398 g/mol. The van der Waals surface area contributed by atoms with Crippen LogP contribution in [0, 0.1) is 3.57 Å². The Hall–Kier alpha value is -0.460. The first kappa shape index (κ1) is 14.0. The van der Waals surface area contributed by atoms with Crippen molar-refractivity contribution >= 4 is 62.7 Å². The Morgan fingerprint density at radius 3 is 2.83 bits per heavy atom. The molecule has 0 aliphatic heterocycles. The summed E-state index contributed by atoms with van der Waals surface area (Å²) >= 11 is 14.3. The molecule has 0 saturated carbocycles. The summed E-state index contributed by atoms with van der Waals surface area (Å²) in [7, 11) is 0. The lowest BCUT2D eigenvalue weighted by Crippen LogP contribution is -2.08. The number of benzene rings is 1. The molecule has 0 aliphatic rings. The number of H-pyrrole nitrogens is 1. The summed E-state index contributed by atoms with van der Waals surface area (Å²) in [5.41, 5.74) is 1.56. The topological polar surface area (TPSA) is 42.1 Å². The van der Waals surface area contributed by atoms with Gasteiger partial charge in [0.15, 0.2) is 0 Å². The third kappa shape index (κ3) is 2.60. The molecule has 0 saturated heterocycles. The molecule has 0 bridgehead atoms. The van der Waals surface area contributed by atoms with Gasteiger partial charge in [-0.2, -0.15) is 0 Å². The van der Waals surface area contributed by atoms with Crippen molar-refractivity contribution in [2.24, 2.45) is 0 Å². The number of hydrogen-bond acceptors (Lipinski definition) is 2. The molecular weight excluding hydrogens is 388 g/mol. The molecule has 0 amide bonds. The third-order valence-electron chi connectivity index (χ3n) is 2.50. The SMILES string of the molecule is CCOC(=O)Cc1[nH]c2c(Cl)c(Cl)ccc2c1I. The number of nitrogens with one attached hydrogen (secondary N) is 1. The second-order valence-corrected chi connectivity index (χ2v) is 5.55. The Kier molecular flexibility index (Phi) is 4.40. The fraction of sp³-hybridized carbons (Fsp3) is 0.250. The van der Waals surface area contributed by atoms with Gasteiger partial charge >= 0.3 is 5.97 Å². The van der Waals surface area contributed by atoms with Gasteiger partial charge in [0.05, 0.1) is 28.6 Å². The molecule has 0 unspecified atom stereocenters. The second kappa shape index (κ2) is 5.67. The summed E-state index contributed by atoms with van der Waals surface area (Å²) in [6.45, 7) is 2.16. The number of aromatic nitrogens is 1. The fourth-order valence-corrected chi connectivity index (χ4v) is 2.85. The summed E-state index contributed by atoms with van der Waals surface area (Å²) in [5, 5.41) is 1.93. The highest BCUT2D eigenvalue weighted by Crippen LogP contribution is 2.34. The summed E-state index contributed by atoms with van der Waals surface area (Å²) < 4.78 is 5.90. The molecule has 1 N–H and O–H groups in total. The number of halogens is 3. The molecular formula is C12H10Cl2INO2. The molecule has 1 heterocycles. The van der Waals surface area contributed by atoms with Gasteiger partial charge in [0, 0.05) is 14.7 Å². The van der Waals surface area contributed by atoms with E-state index in [1.165, 1.54) is 0 Å². The van der Waals surface area contributed by atoms with Gasteiger partial charge in [-0.1, -0.05) is 29.3 Å². The number of carbonyl (C=O) groups excluding carboxylic acids is 1.